The summed E-state index contributed by atoms with van der Waals surface area (Å²) in [5.74, 6) is 0.146. The van der Waals surface area contributed by atoms with Crippen molar-refractivity contribution in [1.29, 1.82) is 0 Å². The van der Waals surface area contributed by atoms with E-state index in [1.165, 1.54) is 36.4 Å². The molecule has 2 rings (SSSR count). The molecule has 0 radical (unpaired) electrons. The van der Waals surface area contributed by atoms with Crippen molar-refractivity contribution in [3.05, 3.63) is 67.8 Å². The number of carbonyl (C=O) groups excluding carboxylic acids is 1. The number of benzene rings is 2. The largest absolute Gasteiger partial charge is 0.578 e. The summed E-state index contributed by atoms with van der Waals surface area (Å²) in [5, 5.41) is 30.8. The van der Waals surface area contributed by atoms with Crippen LogP contribution in [0.1, 0.15) is 52.7 Å². The van der Waals surface area contributed by atoms with Gasteiger partial charge in [0.15, 0.2) is 11.5 Å². The minimum absolute atomic E-state index is 0.0729. The lowest BCUT2D eigenvalue weighted by Gasteiger charge is -2.21. The highest BCUT2D eigenvalue weighted by Gasteiger charge is 2.25. The molecule has 0 spiro atoms. The van der Waals surface area contributed by atoms with Crippen LogP contribution in [0.3, 0.4) is 0 Å². The highest BCUT2D eigenvalue weighted by atomic mass is 17.6. The zero-order valence-electron chi connectivity index (χ0n) is 19.3. The van der Waals surface area contributed by atoms with E-state index in [0.717, 1.165) is 0 Å². The van der Waals surface area contributed by atoms with Gasteiger partial charge in [0.25, 0.3) is 11.4 Å². The van der Waals surface area contributed by atoms with Gasteiger partial charge in [0, 0.05) is 45.5 Å². The predicted molar refractivity (Wildman–Crippen MR) is 115 cm³/mol. The maximum Gasteiger partial charge on any atom is 0.578 e. The van der Waals surface area contributed by atoms with Crippen molar-refractivity contribution in [1.82, 2.24) is 0 Å². The Morgan fingerprint density at radius 1 is 0.706 bits per heavy atom. The van der Waals surface area contributed by atoms with Gasteiger partial charge in [0.1, 0.15) is 0 Å². The van der Waals surface area contributed by atoms with Crippen molar-refractivity contribution in [2.75, 3.05) is 0 Å². The van der Waals surface area contributed by atoms with Gasteiger partial charge in [-0.1, -0.05) is 41.5 Å². The Bertz CT molecular complexity index is 988. The first kappa shape index (κ1) is 26.3. The molecule has 34 heavy (non-hydrogen) atoms. The number of rotatable bonds is 8. The first-order valence-corrected chi connectivity index (χ1v) is 9.84. The van der Waals surface area contributed by atoms with Gasteiger partial charge in [-0.2, -0.15) is 4.79 Å². The molecule has 0 aliphatic rings. The van der Waals surface area contributed by atoms with Gasteiger partial charge < -0.3 is 0 Å². The van der Waals surface area contributed by atoms with Crippen LogP contribution in [0, 0.1) is 20.2 Å². The fourth-order valence-electron chi connectivity index (χ4n) is 2.76. The lowest BCUT2D eigenvalue weighted by molar-refractivity contribution is -0.483. The van der Waals surface area contributed by atoms with E-state index < -0.39 is 26.8 Å². The number of hydrogen-bond acceptors (Lipinski definition) is 11. The first-order valence-electron chi connectivity index (χ1n) is 9.84. The zero-order valence-corrected chi connectivity index (χ0v) is 19.3. The minimum atomic E-state index is -1.50. The van der Waals surface area contributed by atoms with Gasteiger partial charge >= 0.3 is 6.16 Å². The standard InChI is InChI=1S/C21H24N2O11/c1-20(2,3)15-11-13(22(25)26)7-9-17(15)29-33-31-19(24)32-34-30-18-10-8-14(23(27)28)12-16(18)21(4,5)6/h7-12H,1-6H3. The van der Waals surface area contributed by atoms with E-state index in [0.29, 0.717) is 11.1 Å². The van der Waals surface area contributed by atoms with Crippen molar-refractivity contribution in [2.45, 2.75) is 52.4 Å². The summed E-state index contributed by atoms with van der Waals surface area (Å²) in [7, 11) is 0. The van der Waals surface area contributed by atoms with Crippen molar-refractivity contribution < 1.29 is 44.3 Å². The Morgan fingerprint density at radius 3 is 1.35 bits per heavy atom. The Morgan fingerprint density at radius 2 is 1.06 bits per heavy atom. The number of carbonyl (C=O) groups is 1. The van der Waals surface area contributed by atoms with Crippen LogP contribution < -0.4 is 9.78 Å². The average molecular weight is 480 g/mol. The van der Waals surface area contributed by atoms with Crippen molar-refractivity contribution in [3.8, 4) is 11.5 Å². The first-order chi connectivity index (χ1) is 15.7. The molecule has 0 heterocycles. The summed E-state index contributed by atoms with van der Waals surface area (Å²) in [6.07, 6.45) is -1.50. The normalized spacial score (nSPS) is 11.5. The number of non-ortho nitro benzene ring substituents is 2. The summed E-state index contributed by atoms with van der Waals surface area (Å²) >= 11 is 0. The molecule has 13 nitrogen and oxygen atoms in total. The summed E-state index contributed by atoms with van der Waals surface area (Å²) in [6.45, 7) is 10.8. The minimum Gasteiger partial charge on any atom is -0.299 e. The molecule has 0 unspecified atom stereocenters. The van der Waals surface area contributed by atoms with E-state index in [2.05, 4.69) is 19.9 Å². The van der Waals surface area contributed by atoms with Crippen molar-refractivity contribution in [3.63, 3.8) is 0 Å². The molecule has 0 aliphatic heterocycles. The molecule has 0 aromatic heterocycles. The van der Waals surface area contributed by atoms with E-state index in [1.54, 1.807) is 41.5 Å². The molecule has 0 N–H and O–H groups in total. The van der Waals surface area contributed by atoms with E-state index >= 15 is 0 Å². The van der Waals surface area contributed by atoms with E-state index in [1.807, 2.05) is 0 Å². The molecule has 0 fully saturated rings. The Labute approximate surface area is 194 Å². The van der Waals surface area contributed by atoms with Crippen molar-refractivity contribution >= 4 is 17.5 Å². The van der Waals surface area contributed by atoms with Gasteiger partial charge in [-0.05, 0) is 23.0 Å². The second-order valence-corrected chi connectivity index (χ2v) is 9.09. The molecule has 184 valence electrons. The van der Waals surface area contributed by atoms with Crippen LogP contribution >= 0.6 is 0 Å². The third-order valence-electron chi connectivity index (χ3n) is 4.42. The average Bonchev–Trinajstić information content (AvgIpc) is 2.72. The van der Waals surface area contributed by atoms with Gasteiger partial charge in [-0.25, -0.2) is 9.78 Å². The molecule has 2 aromatic carbocycles. The molecular weight excluding hydrogens is 456 g/mol. The lowest BCUT2D eigenvalue weighted by atomic mass is 9.86. The van der Waals surface area contributed by atoms with E-state index in [9.17, 15) is 25.0 Å². The zero-order chi connectivity index (χ0) is 25.7. The summed E-state index contributed by atoms with van der Waals surface area (Å²) in [4.78, 5) is 50.9. The number of nitro benzene ring substituents is 2. The van der Waals surface area contributed by atoms with Crippen molar-refractivity contribution in [2.24, 2.45) is 0 Å². The van der Waals surface area contributed by atoms with E-state index in [4.69, 9.17) is 9.78 Å². The second-order valence-electron chi connectivity index (χ2n) is 9.09. The molecule has 13 heteroatoms. The smallest absolute Gasteiger partial charge is 0.299 e. The fourth-order valence-corrected chi connectivity index (χ4v) is 2.76. The predicted octanol–water partition coefficient (Wildman–Crippen LogP) is 5.40. The summed E-state index contributed by atoms with van der Waals surface area (Å²) in [6, 6.07) is 7.58. The van der Waals surface area contributed by atoms with Gasteiger partial charge in [0.05, 0.1) is 9.85 Å². The van der Waals surface area contributed by atoms with Crippen LogP contribution in [-0.2, 0) is 30.7 Å². The molecule has 0 saturated carbocycles. The molecule has 0 saturated heterocycles. The lowest BCUT2D eigenvalue weighted by Crippen LogP contribution is -2.17. The number of nitro groups is 2. The summed E-state index contributed by atoms with van der Waals surface area (Å²) in [5.41, 5.74) is -0.569. The third-order valence-corrected chi connectivity index (χ3v) is 4.42. The monoisotopic (exact) mass is 480 g/mol. The van der Waals surface area contributed by atoms with Crippen LogP contribution in [0.2, 0.25) is 0 Å². The Balaban J connectivity index is 1.95. The Hall–Kier alpha value is -3.97. The number of nitrogens with zero attached hydrogens (tertiary/aromatic N) is 2. The third kappa shape index (κ3) is 7.02. The van der Waals surface area contributed by atoms with Gasteiger partial charge in [-0.15, -0.1) is 0 Å². The molecule has 0 amide bonds. The molecule has 0 atom stereocenters. The van der Waals surface area contributed by atoms with Crippen LogP contribution in [0.5, 0.6) is 11.5 Å². The maximum atomic E-state index is 11.6. The summed E-state index contributed by atoms with van der Waals surface area (Å²) < 4.78 is 0. The van der Waals surface area contributed by atoms with Crippen LogP contribution in [-0.4, -0.2) is 16.0 Å². The number of hydrogen-bond donors (Lipinski definition) is 0. The fraction of sp³-hybridized carbons (Fsp3) is 0.381. The van der Waals surface area contributed by atoms with E-state index in [-0.39, 0.29) is 22.9 Å². The van der Waals surface area contributed by atoms with Crippen LogP contribution in [0.4, 0.5) is 16.2 Å². The second kappa shape index (κ2) is 10.3. The molecule has 2 aromatic rings. The highest BCUT2D eigenvalue weighted by Crippen LogP contribution is 2.35. The Kier molecular flexibility index (Phi) is 7.97. The van der Waals surface area contributed by atoms with Gasteiger partial charge in [-0.3, -0.25) is 30.0 Å². The molecule has 0 bridgehead atoms. The highest BCUT2D eigenvalue weighted by molar-refractivity contribution is 5.58. The maximum absolute atomic E-state index is 11.6. The molecule has 0 aliphatic carbocycles. The van der Waals surface area contributed by atoms with Gasteiger partial charge in [0.2, 0.25) is 0 Å². The van der Waals surface area contributed by atoms with Crippen LogP contribution in [0.15, 0.2) is 36.4 Å². The molecular formula is C21H24N2O11. The SMILES string of the molecule is CC(C)(C)c1cc([N+](=O)[O-])ccc1OOOC(=O)OOOc1ccc([N+](=O)[O-])cc1C(C)(C)C. The quantitative estimate of drug-likeness (QED) is 0.270. The van der Waals surface area contributed by atoms with Crippen LogP contribution in [0.25, 0.3) is 0 Å². The topological polar surface area (TPSA) is 159 Å².